The van der Waals surface area contributed by atoms with Gasteiger partial charge in [0.05, 0.1) is 6.10 Å². The second-order valence-corrected chi connectivity index (χ2v) is 7.72. The highest BCUT2D eigenvalue weighted by Crippen LogP contribution is 2.60. The molecular formula is C20H25NO. The molecule has 2 fully saturated rings. The summed E-state index contributed by atoms with van der Waals surface area (Å²) in [6, 6.07) is 15.1. The van der Waals surface area contributed by atoms with Gasteiger partial charge in [-0.15, -0.1) is 0 Å². The molecule has 2 aromatic carbocycles. The Hall–Kier alpha value is -1.38. The van der Waals surface area contributed by atoms with Gasteiger partial charge in [-0.2, -0.15) is 0 Å². The first-order valence-electron chi connectivity index (χ1n) is 8.44. The van der Waals surface area contributed by atoms with Crippen molar-refractivity contribution in [3.63, 3.8) is 0 Å². The van der Waals surface area contributed by atoms with E-state index in [1.54, 1.807) is 0 Å². The third-order valence-corrected chi connectivity index (χ3v) is 6.56. The number of rotatable bonds is 3. The maximum absolute atomic E-state index is 10.6. The van der Waals surface area contributed by atoms with Crippen molar-refractivity contribution in [2.45, 2.75) is 51.3 Å². The number of hydrogen-bond donors (Lipinski definition) is 2. The van der Waals surface area contributed by atoms with Gasteiger partial charge in [-0.1, -0.05) is 50.2 Å². The van der Waals surface area contributed by atoms with Crippen LogP contribution in [0, 0.1) is 11.3 Å². The topological polar surface area (TPSA) is 32.3 Å². The van der Waals surface area contributed by atoms with Gasteiger partial charge in [-0.3, -0.25) is 0 Å². The van der Waals surface area contributed by atoms with E-state index in [9.17, 15) is 5.11 Å². The first kappa shape index (κ1) is 14.2. The number of hydrogen-bond acceptors (Lipinski definition) is 2. The van der Waals surface area contributed by atoms with Gasteiger partial charge in [-0.25, -0.2) is 0 Å². The van der Waals surface area contributed by atoms with Crippen LogP contribution in [0.3, 0.4) is 0 Å². The summed E-state index contributed by atoms with van der Waals surface area (Å²) in [7, 11) is 0. The Bertz CT molecular complexity index is 708. The van der Waals surface area contributed by atoms with Gasteiger partial charge in [0.2, 0.25) is 0 Å². The monoisotopic (exact) mass is 295 g/mol. The molecule has 4 rings (SSSR count). The van der Waals surface area contributed by atoms with E-state index < -0.39 is 0 Å². The number of aliphatic hydroxyl groups excluding tert-OH is 1. The van der Waals surface area contributed by atoms with Crippen LogP contribution in [0.1, 0.15) is 38.7 Å². The van der Waals surface area contributed by atoms with Crippen LogP contribution in [0.5, 0.6) is 0 Å². The normalized spacial score (nSPS) is 32.7. The van der Waals surface area contributed by atoms with E-state index in [2.05, 4.69) is 61.6 Å². The van der Waals surface area contributed by atoms with E-state index in [0.717, 1.165) is 19.4 Å². The van der Waals surface area contributed by atoms with Crippen LogP contribution in [-0.2, 0) is 6.54 Å². The molecule has 0 unspecified atom stereocenters. The van der Waals surface area contributed by atoms with E-state index in [1.165, 1.54) is 22.8 Å². The molecule has 2 aliphatic carbocycles. The number of aliphatic hydroxyl groups is 1. The maximum atomic E-state index is 10.6. The first-order valence-corrected chi connectivity index (χ1v) is 8.44. The minimum Gasteiger partial charge on any atom is -0.391 e. The van der Waals surface area contributed by atoms with Crippen LogP contribution in [-0.4, -0.2) is 16.7 Å². The smallest absolute Gasteiger partial charge is 0.0730 e. The second kappa shape index (κ2) is 4.81. The summed E-state index contributed by atoms with van der Waals surface area (Å²) in [5, 5.41) is 16.9. The quantitative estimate of drug-likeness (QED) is 0.901. The fraction of sp³-hybridized carbons (Fsp3) is 0.500. The van der Waals surface area contributed by atoms with E-state index in [0.29, 0.717) is 5.92 Å². The summed E-state index contributed by atoms with van der Waals surface area (Å²) in [5.74, 6) is 0.659. The Morgan fingerprint density at radius 1 is 1.14 bits per heavy atom. The molecule has 0 spiro atoms. The van der Waals surface area contributed by atoms with Gasteiger partial charge >= 0.3 is 0 Å². The molecule has 2 aromatic rings. The summed E-state index contributed by atoms with van der Waals surface area (Å²) in [4.78, 5) is 0. The number of benzene rings is 2. The van der Waals surface area contributed by atoms with Gasteiger partial charge in [0.25, 0.3) is 0 Å². The Balaban J connectivity index is 1.58. The van der Waals surface area contributed by atoms with Gasteiger partial charge in [-0.05, 0) is 53.0 Å². The molecule has 2 aliphatic rings. The van der Waals surface area contributed by atoms with Crippen molar-refractivity contribution in [1.29, 1.82) is 0 Å². The Morgan fingerprint density at radius 2 is 1.91 bits per heavy atom. The zero-order valence-corrected chi connectivity index (χ0v) is 13.5. The lowest BCUT2D eigenvalue weighted by Crippen LogP contribution is -2.57. The number of nitrogens with one attached hydrogen (secondary N) is 1. The standard InChI is InChI=1S/C20H25NO/c1-19(2)17-9-10-20(19,18(22)12-17)21-13-14-7-8-15-5-3-4-6-16(15)11-14/h3-8,11,17-18,21-22H,9-10,12-13H2,1-2H3/t17-,18-,20-/m1/s1. The maximum Gasteiger partial charge on any atom is 0.0730 e. The van der Waals surface area contributed by atoms with Crippen LogP contribution >= 0.6 is 0 Å². The third kappa shape index (κ3) is 1.87. The van der Waals surface area contributed by atoms with E-state index >= 15 is 0 Å². The molecule has 2 heteroatoms. The van der Waals surface area contributed by atoms with Gasteiger partial charge in [0.1, 0.15) is 0 Å². The Kier molecular flexibility index (Phi) is 3.11. The Morgan fingerprint density at radius 3 is 2.59 bits per heavy atom. The molecule has 0 radical (unpaired) electrons. The van der Waals surface area contributed by atoms with Crippen molar-refractivity contribution in [3.05, 3.63) is 48.0 Å². The SMILES string of the molecule is CC1(C)[C@@H]2CC[C@@]1(NCc1ccc3ccccc3c1)[C@H](O)C2. The van der Waals surface area contributed by atoms with Crippen LogP contribution in [0.4, 0.5) is 0 Å². The van der Waals surface area contributed by atoms with Gasteiger partial charge in [0, 0.05) is 12.1 Å². The van der Waals surface area contributed by atoms with Crippen LogP contribution < -0.4 is 5.32 Å². The molecule has 3 atom stereocenters. The van der Waals surface area contributed by atoms with Crippen LogP contribution in [0.2, 0.25) is 0 Å². The lowest BCUT2D eigenvalue weighted by Gasteiger charge is -2.41. The fourth-order valence-electron chi connectivity index (χ4n) is 4.97. The Labute approximate surface area is 132 Å². The molecule has 0 aliphatic heterocycles. The second-order valence-electron chi connectivity index (χ2n) is 7.72. The molecule has 0 aromatic heterocycles. The lowest BCUT2D eigenvalue weighted by atomic mass is 9.75. The largest absolute Gasteiger partial charge is 0.391 e. The summed E-state index contributed by atoms with van der Waals surface area (Å²) < 4.78 is 0. The molecule has 22 heavy (non-hydrogen) atoms. The summed E-state index contributed by atoms with van der Waals surface area (Å²) in [6.07, 6.45) is 3.09. The molecule has 116 valence electrons. The summed E-state index contributed by atoms with van der Waals surface area (Å²) >= 11 is 0. The summed E-state index contributed by atoms with van der Waals surface area (Å²) in [6.45, 7) is 5.49. The van der Waals surface area contributed by atoms with Crippen molar-refractivity contribution < 1.29 is 5.11 Å². The van der Waals surface area contributed by atoms with Gasteiger partial charge in [0.15, 0.2) is 0 Å². The minimum atomic E-state index is -0.207. The zero-order chi connectivity index (χ0) is 15.4. The minimum absolute atomic E-state index is 0.108. The highest BCUT2D eigenvalue weighted by molar-refractivity contribution is 5.82. The fourth-order valence-corrected chi connectivity index (χ4v) is 4.97. The van der Waals surface area contributed by atoms with Crippen molar-refractivity contribution >= 4 is 10.8 Å². The van der Waals surface area contributed by atoms with Crippen LogP contribution in [0.25, 0.3) is 10.8 Å². The van der Waals surface area contributed by atoms with Crippen LogP contribution in [0.15, 0.2) is 42.5 Å². The van der Waals surface area contributed by atoms with Crippen molar-refractivity contribution in [3.8, 4) is 0 Å². The predicted octanol–water partition coefficient (Wildman–Crippen LogP) is 3.87. The third-order valence-electron chi connectivity index (χ3n) is 6.56. The highest BCUT2D eigenvalue weighted by atomic mass is 16.3. The van der Waals surface area contributed by atoms with Crippen molar-refractivity contribution in [1.82, 2.24) is 5.32 Å². The molecular weight excluding hydrogens is 270 g/mol. The average Bonchev–Trinajstić information content (AvgIpc) is 2.87. The molecule has 2 N–H and O–H groups in total. The average molecular weight is 295 g/mol. The van der Waals surface area contributed by atoms with E-state index in [4.69, 9.17) is 0 Å². The molecule has 0 heterocycles. The molecule has 2 bridgehead atoms. The zero-order valence-electron chi connectivity index (χ0n) is 13.5. The van der Waals surface area contributed by atoms with Gasteiger partial charge < -0.3 is 10.4 Å². The van der Waals surface area contributed by atoms with Crippen molar-refractivity contribution in [2.75, 3.05) is 0 Å². The van der Waals surface area contributed by atoms with E-state index in [-0.39, 0.29) is 17.1 Å². The summed E-state index contributed by atoms with van der Waals surface area (Å²) in [5.41, 5.74) is 1.37. The predicted molar refractivity (Wildman–Crippen MR) is 90.6 cm³/mol. The van der Waals surface area contributed by atoms with E-state index in [1.807, 2.05) is 0 Å². The van der Waals surface area contributed by atoms with Crippen molar-refractivity contribution in [2.24, 2.45) is 11.3 Å². The first-order chi connectivity index (χ1) is 10.5. The lowest BCUT2D eigenvalue weighted by molar-refractivity contribution is 0.0366. The molecule has 0 amide bonds. The highest BCUT2D eigenvalue weighted by Gasteiger charge is 2.63. The molecule has 0 saturated heterocycles. The number of fused-ring (bicyclic) bond motifs is 3. The molecule has 2 nitrogen and oxygen atoms in total. The molecule has 2 saturated carbocycles.